The van der Waals surface area contributed by atoms with Crippen LogP contribution in [0.2, 0.25) is 0 Å². The summed E-state index contributed by atoms with van der Waals surface area (Å²) < 4.78 is 71.9. The van der Waals surface area contributed by atoms with Crippen molar-refractivity contribution in [3.8, 4) is 11.1 Å². The molecule has 198 valence electrons. The lowest BCUT2D eigenvalue weighted by molar-refractivity contribution is 1.23. The van der Waals surface area contributed by atoms with Gasteiger partial charge in [-0.2, -0.15) is 0 Å². The van der Waals surface area contributed by atoms with Crippen molar-refractivity contribution in [3.05, 3.63) is 180 Å². The summed E-state index contributed by atoms with van der Waals surface area (Å²) in [6.45, 7) is 0. The minimum atomic E-state index is -0.385. The van der Waals surface area contributed by atoms with E-state index in [-0.39, 0.29) is 82.7 Å². The molecule has 0 heterocycles. The summed E-state index contributed by atoms with van der Waals surface area (Å²) in [6.07, 6.45) is 0.384. The van der Waals surface area contributed by atoms with Crippen molar-refractivity contribution in [2.24, 2.45) is 0 Å². The fourth-order valence-electron chi connectivity index (χ4n) is 6.35. The number of rotatable bonds is 5. The van der Waals surface area contributed by atoms with E-state index in [1.165, 1.54) is 0 Å². The molecule has 0 atom stereocenters. The largest absolute Gasteiger partial charge is 0.0629 e. The Labute approximate surface area is 257 Å². The predicted octanol–water partition coefficient (Wildman–Crippen LogP) is 11.1. The van der Waals surface area contributed by atoms with Crippen molar-refractivity contribution < 1.29 is 11.0 Å². The smallest absolute Gasteiger partial charge is 0.0622 e. The lowest BCUT2D eigenvalue weighted by atomic mass is 9.85. The molecule has 0 aliphatic heterocycles. The lowest BCUT2D eigenvalue weighted by Gasteiger charge is -2.19. The molecule has 42 heavy (non-hydrogen) atoms. The molecule has 0 aliphatic rings. The molecule has 0 aromatic heterocycles. The molecule has 0 amide bonds. The Balaban J connectivity index is 1.50. The molecule has 0 spiro atoms. The Morgan fingerprint density at radius 2 is 0.881 bits per heavy atom. The van der Waals surface area contributed by atoms with Crippen molar-refractivity contribution in [3.63, 3.8) is 0 Å². The number of fused-ring (bicyclic) bond motifs is 4. The van der Waals surface area contributed by atoms with Gasteiger partial charge >= 0.3 is 0 Å². The van der Waals surface area contributed by atoms with Crippen molar-refractivity contribution >= 4 is 43.1 Å². The zero-order valence-corrected chi connectivity index (χ0v) is 22.8. The fourth-order valence-corrected chi connectivity index (χ4v) is 6.35. The molecule has 0 unspecified atom stereocenters. The van der Waals surface area contributed by atoms with Crippen LogP contribution in [-0.2, 0) is 12.8 Å². The number of hydrogen-bond donors (Lipinski definition) is 0. The first-order valence-electron chi connectivity index (χ1n) is 18.1. The van der Waals surface area contributed by atoms with E-state index in [0.717, 1.165) is 43.8 Å². The van der Waals surface area contributed by atoms with Crippen LogP contribution in [0.25, 0.3) is 54.2 Å². The number of hydrogen-bond acceptors (Lipinski definition) is 0. The molecule has 8 aromatic carbocycles. The molecule has 0 N–H and O–H groups in total. The molecule has 0 heteroatoms. The zero-order chi connectivity index (χ0) is 34.8. The summed E-state index contributed by atoms with van der Waals surface area (Å²) in [6, 6.07) is 33.5. The first-order chi connectivity index (χ1) is 24.2. The summed E-state index contributed by atoms with van der Waals surface area (Å²) in [5.74, 6) is 0. The highest BCUT2D eigenvalue weighted by Crippen LogP contribution is 2.38. The molecular formula is C42H30. The summed E-state index contributed by atoms with van der Waals surface area (Å²) in [5, 5.41) is 5.05. The van der Waals surface area contributed by atoms with Gasteiger partial charge in [-0.1, -0.05) is 158 Å². The van der Waals surface area contributed by atoms with Gasteiger partial charge < -0.3 is 0 Å². The van der Waals surface area contributed by atoms with Crippen LogP contribution < -0.4 is 0 Å². The van der Waals surface area contributed by atoms with Gasteiger partial charge in [0.1, 0.15) is 0 Å². The Morgan fingerprint density at radius 1 is 0.381 bits per heavy atom. The van der Waals surface area contributed by atoms with Gasteiger partial charge in [0.05, 0.1) is 11.0 Å². The molecule has 0 radical (unpaired) electrons. The fraction of sp³-hybridized carbons (Fsp3) is 0.0476. The van der Waals surface area contributed by atoms with Gasteiger partial charge in [0.25, 0.3) is 0 Å². The van der Waals surface area contributed by atoms with Crippen LogP contribution in [-0.4, -0.2) is 0 Å². The highest BCUT2D eigenvalue weighted by Gasteiger charge is 2.17. The first-order valence-corrected chi connectivity index (χ1v) is 14.1. The Kier molecular flexibility index (Phi) is 4.32. The minimum Gasteiger partial charge on any atom is -0.0622 e. The SMILES string of the molecule is [2H]c1c([2H])c([2H])c2c(Cc3ccc(-c4ccccc4)c4ccccc34)c3c([2H])c([2H])c([2H])c([2H])c3c(Cc3cccc4ccccc34)c2c1[2H]. The van der Waals surface area contributed by atoms with Crippen LogP contribution >= 0.6 is 0 Å². The van der Waals surface area contributed by atoms with E-state index < -0.39 is 0 Å². The van der Waals surface area contributed by atoms with E-state index in [2.05, 4.69) is 24.3 Å². The van der Waals surface area contributed by atoms with Crippen LogP contribution in [0.4, 0.5) is 0 Å². The third-order valence-corrected chi connectivity index (χ3v) is 8.30. The number of benzene rings is 8. The van der Waals surface area contributed by atoms with Crippen LogP contribution in [0, 0.1) is 0 Å². The topological polar surface area (TPSA) is 0 Å². The Hall–Kier alpha value is -5.20. The standard InChI is InChI=1S/C42H30/c1-2-13-30(14-3-1)35-26-25-32(34-19-6-7-20-36(34)35)28-42-39-23-10-8-21-37(39)41(38-22-9-11-24-40(38)42)27-31-17-12-16-29-15-4-5-18-33(29)31/h1-26H,27-28H2/i8D,9D,10D,11D,21D,22D,23D,24D. The second-order valence-electron chi connectivity index (χ2n) is 10.6. The van der Waals surface area contributed by atoms with Gasteiger partial charge in [0, 0.05) is 0 Å². The van der Waals surface area contributed by atoms with Gasteiger partial charge in [-0.15, -0.1) is 0 Å². The highest BCUT2D eigenvalue weighted by atomic mass is 14.2. The second kappa shape index (κ2) is 10.3. The monoisotopic (exact) mass is 542 g/mol. The first kappa shape index (κ1) is 17.6. The van der Waals surface area contributed by atoms with Crippen LogP contribution in [0.15, 0.2) is 158 Å². The summed E-state index contributed by atoms with van der Waals surface area (Å²) >= 11 is 0. The highest BCUT2D eigenvalue weighted by molar-refractivity contribution is 6.07. The quantitative estimate of drug-likeness (QED) is 0.190. The molecule has 0 fully saturated rings. The maximum absolute atomic E-state index is 9.26. The van der Waals surface area contributed by atoms with Gasteiger partial charge in [0.2, 0.25) is 0 Å². The zero-order valence-electron chi connectivity index (χ0n) is 30.8. The summed E-state index contributed by atoms with van der Waals surface area (Å²) in [7, 11) is 0. The van der Waals surface area contributed by atoms with E-state index in [1.54, 1.807) is 0 Å². The van der Waals surface area contributed by atoms with Crippen molar-refractivity contribution in [1.29, 1.82) is 0 Å². The second-order valence-corrected chi connectivity index (χ2v) is 10.6. The molecule has 0 saturated carbocycles. The van der Waals surface area contributed by atoms with E-state index in [0.29, 0.717) is 11.1 Å². The Morgan fingerprint density at radius 3 is 1.52 bits per heavy atom. The summed E-state index contributed by atoms with van der Waals surface area (Å²) in [4.78, 5) is 0. The van der Waals surface area contributed by atoms with Crippen molar-refractivity contribution in [1.82, 2.24) is 0 Å². The van der Waals surface area contributed by atoms with Gasteiger partial charge in [-0.3, -0.25) is 0 Å². The Bertz CT molecular complexity index is 2600. The van der Waals surface area contributed by atoms with Gasteiger partial charge in [-0.05, 0) is 89.3 Å². The van der Waals surface area contributed by atoms with Crippen LogP contribution in [0.3, 0.4) is 0 Å². The normalized spacial score (nSPS) is 14.2. The third-order valence-electron chi connectivity index (χ3n) is 8.30. The van der Waals surface area contributed by atoms with Gasteiger partial charge in [0.15, 0.2) is 0 Å². The van der Waals surface area contributed by atoms with Crippen LogP contribution in [0.1, 0.15) is 33.2 Å². The maximum Gasteiger partial charge on any atom is 0.0629 e. The van der Waals surface area contributed by atoms with Crippen molar-refractivity contribution in [2.45, 2.75) is 12.8 Å². The molecule has 8 rings (SSSR count). The molecular weight excluding hydrogens is 504 g/mol. The van der Waals surface area contributed by atoms with E-state index >= 15 is 0 Å². The molecule has 0 bridgehead atoms. The van der Waals surface area contributed by atoms with Crippen LogP contribution in [0.5, 0.6) is 0 Å². The predicted molar refractivity (Wildman–Crippen MR) is 180 cm³/mol. The lowest BCUT2D eigenvalue weighted by Crippen LogP contribution is -1.99. The molecule has 0 aliphatic carbocycles. The van der Waals surface area contributed by atoms with E-state index in [1.807, 2.05) is 84.9 Å². The molecule has 0 saturated heterocycles. The minimum absolute atomic E-state index is 0.182. The molecule has 0 nitrogen and oxygen atoms in total. The average molecular weight is 543 g/mol. The van der Waals surface area contributed by atoms with E-state index in [4.69, 9.17) is 5.48 Å². The van der Waals surface area contributed by atoms with Crippen molar-refractivity contribution in [2.75, 3.05) is 0 Å². The summed E-state index contributed by atoms with van der Waals surface area (Å²) in [5.41, 5.74) is 4.79. The maximum atomic E-state index is 9.26. The molecule has 8 aromatic rings. The third kappa shape index (κ3) is 4.16. The average Bonchev–Trinajstić information content (AvgIpc) is 3.15. The van der Waals surface area contributed by atoms with Gasteiger partial charge in [-0.25, -0.2) is 0 Å². The van der Waals surface area contributed by atoms with E-state index in [9.17, 15) is 5.48 Å².